The number of rotatable bonds is 9. The lowest BCUT2D eigenvalue weighted by atomic mass is 9.99. The summed E-state index contributed by atoms with van der Waals surface area (Å²) >= 11 is 5.90. The number of hydrogen-bond acceptors (Lipinski definition) is 4. The van der Waals surface area contributed by atoms with Crippen LogP contribution in [0.25, 0.3) is 22.3 Å². The smallest absolute Gasteiger partial charge is 0.416 e. The van der Waals surface area contributed by atoms with E-state index < -0.39 is 35.5 Å². The highest BCUT2D eigenvalue weighted by molar-refractivity contribution is 6.31. The predicted molar refractivity (Wildman–Crippen MR) is 156 cm³/mol. The van der Waals surface area contributed by atoms with E-state index in [1.54, 1.807) is 13.0 Å². The number of phenols is 1. The molecule has 0 saturated carbocycles. The van der Waals surface area contributed by atoms with E-state index in [0.29, 0.717) is 16.7 Å². The van der Waals surface area contributed by atoms with Gasteiger partial charge in [-0.15, -0.1) is 0 Å². The maximum absolute atomic E-state index is 13.6. The van der Waals surface area contributed by atoms with Crippen LogP contribution in [0.3, 0.4) is 0 Å². The molecule has 4 aromatic rings. The molecule has 1 amide bonds. The molecular formula is C33H26ClF4NO4. The summed E-state index contributed by atoms with van der Waals surface area (Å²) in [6.45, 7) is 1.83. The first-order valence-corrected chi connectivity index (χ1v) is 13.5. The lowest BCUT2D eigenvalue weighted by Gasteiger charge is -2.17. The molecule has 1 unspecified atom stereocenters. The second kappa shape index (κ2) is 13.6. The standard InChI is InChI=1S/C33H26ClF4NO4/c1-2-43-31(41)16-13-26(17-20-3-5-21(6-4-20)24-9-14-29(35)28(34)19-24)39-32(42)27-18-23(10-15-30(27)40)22-7-11-25(12-8-22)33(36,37)38/h3-16,18-19,26,40H,2,17H2,1H3,(H,39,42)/b16-13-. The van der Waals surface area contributed by atoms with Crippen molar-refractivity contribution < 1.29 is 37.0 Å². The Labute approximate surface area is 250 Å². The second-order valence-electron chi connectivity index (χ2n) is 9.53. The summed E-state index contributed by atoms with van der Waals surface area (Å²) in [4.78, 5) is 25.3. The molecule has 0 radical (unpaired) electrons. The fourth-order valence-electron chi connectivity index (χ4n) is 4.31. The number of carbonyl (C=O) groups is 2. The summed E-state index contributed by atoms with van der Waals surface area (Å²) in [6, 6.07) is 19.5. The number of aromatic hydroxyl groups is 1. The van der Waals surface area contributed by atoms with E-state index in [1.165, 1.54) is 54.6 Å². The monoisotopic (exact) mass is 611 g/mol. The molecule has 0 aliphatic carbocycles. The SMILES string of the molecule is CCOC(=O)/C=C\C(Cc1ccc(-c2ccc(F)c(Cl)c2)cc1)NC(=O)c1cc(-c2ccc(C(F)(F)F)cc2)ccc1O. The van der Waals surface area contributed by atoms with Gasteiger partial charge in [0.15, 0.2) is 0 Å². The Balaban J connectivity index is 1.56. The normalized spacial score (nSPS) is 12.2. The third-order valence-electron chi connectivity index (χ3n) is 6.52. The van der Waals surface area contributed by atoms with E-state index in [9.17, 15) is 32.3 Å². The third-order valence-corrected chi connectivity index (χ3v) is 6.81. The van der Waals surface area contributed by atoms with Gasteiger partial charge in [-0.1, -0.05) is 66.2 Å². The molecule has 0 aliphatic rings. The number of phenolic OH excluding ortho intramolecular Hbond substituents is 1. The molecule has 10 heteroatoms. The van der Waals surface area contributed by atoms with Gasteiger partial charge in [-0.3, -0.25) is 4.79 Å². The summed E-state index contributed by atoms with van der Waals surface area (Å²) < 4.78 is 57.4. The third kappa shape index (κ3) is 8.23. The van der Waals surface area contributed by atoms with Crippen LogP contribution in [0.2, 0.25) is 5.02 Å². The zero-order chi connectivity index (χ0) is 31.1. The maximum Gasteiger partial charge on any atom is 0.416 e. The Hall–Kier alpha value is -4.63. The van der Waals surface area contributed by atoms with Gasteiger partial charge in [-0.05, 0) is 77.6 Å². The molecule has 0 aromatic heterocycles. The Bertz CT molecular complexity index is 1630. The van der Waals surface area contributed by atoms with Crippen LogP contribution < -0.4 is 5.32 Å². The van der Waals surface area contributed by atoms with Crippen LogP contribution in [0.5, 0.6) is 5.75 Å². The minimum atomic E-state index is -4.49. The molecule has 0 fully saturated rings. The fourth-order valence-corrected chi connectivity index (χ4v) is 4.49. The van der Waals surface area contributed by atoms with Crippen molar-refractivity contribution in [1.82, 2.24) is 5.32 Å². The average molecular weight is 612 g/mol. The van der Waals surface area contributed by atoms with Crippen LogP contribution in [0.4, 0.5) is 17.6 Å². The van der Waals surface area contributed by atoms with E-state index in [2.05, 4.69) is 5.32 Å². The van der Waals surface area contributed by atoms with Crippen LogP contribution in [0, 0.1) is 5.82 Å². The first-order valence-electron chi connectivity index (χ1n) is 13.2. The number of amides is 1. The number of ether oxygens (including phenoxy) is 1. The highest BCUT2D eigenvalue weighted by atomic mass is 35.5. The zero-order valence-corrected chi connectivity index (χ0v) is 23.5. The van der Waals surface area contributed by atoms with Gasteiger partial charge >= 0.3 is 12.1 Å². The van der Waals surface area contributed by atoms with E-state index in [-0.39, 0.29) is 29.4 Å². The maximum atomic E-state index is 13.6. The molecule has 5 nitrogen and oxygen atoms in total. The highest BCUT2D eigenvalue weighted by Crippen LogP contribution is 2.32. The second-order valence-corrected chi connectivity index (χ2v) is 9.94. The Morgan fingerprint density at radius 3 is 2.09 bits per heavy atom. The van der Waals surface area contributed by atoms with Gasteiger partial charge in [0, 0.05) is 6.08 Å². The van der Waals surface area contributed by atoms with Gasteiger partial charge in [0.1, 0.15) is 11.6 Å². The average Bonchev–Trinajstić information content (AvgIpc) is 2.98. The van der Waals surface area contributed by atoms with Gasteiger partial charge in [0.05, 0.1) is 28.8 Å². The van der Waals surface area contributed by atoms with E-state index >= 15 is 0 Å². The minimum absolute atomic E-state index is 0.000834. The number of carbonyl (C=O) groups excluding carboxylic acids is 2. The van der Waals surface area contributed by atoms with Crippen molar-refractivity contribution in [3.05, 3.63) is 125 Å². The Kier molecular flexibility index (Phi) is 9.88. The van der Waals surface area contributed by atoms with Gasteiger partial charge in [0.2, 0.25) is 0 Å². The molecule has 1 atom stereocenters. The van der Waals surface area contributed by atoms with E-state index in [0.717, 1.165) is 23.3 Å². The molecule has 2 N–H and O–H groups in total. The van der Waals surface area contributed by atoms with Gasteiger partial charge < -0.3 is 15.2 Å². The number of esters is 1. The van der Waals surface area contributed by atoms with Crippen LogP contribution >= 0.6 is 11.6 Å². The van der Waals surface area contributed by atoms with Crippen LogP contribution in [0.15, 0.2) is 97.1 Å². The highest BCUT2D eigenvalue weighted by Gasteiger charge is 2.30. The van der Waals surface area contributed by atoms with Crippen molar-refractivity contribution >= 4 is 23.5 Å². The molecule has 4 rings (SSSR count). The largest absolute Gasteiger partial charge is 0.507 e. The van der Waals surface area contributed by atoms with Crippen molar-refractivity contribution in [3.63, 3.8) is 0 Å². The van der Waals surface area contributed by atoms with Crippen molar-refractivity contribution in [3.8, 4) is 28.0 Å². The van der Waals surface area contributed by atoms with Crippen molar-refractivity contribution in [2.75, 3.05) is 6.61 Å². The quantitative estimate of drug-likeness (QED) is 0.114. The molecule has 0 aliphatic heterocycles. The molecule has 0 saturated heterocycles. The van der Waals surface area contributed by atoms with E-state index in [1.807, 2.05) is 24.3 Å². The minimum Gasteiger partial charge on any atom is -0.507 e. The lowest BCUT2D eigenvalue weighted by molar-refractivity contribution is -0.138. The van der Waals surface area contributed by atoms with Crippen molar-refractivity contribution in [2.45, 2.75) is 25.6 Å². The summed E-state index contributed by atoms with van der Waals surface area (Å²) in [6.07, 6.45) is -1.56. The van der Waals surface area contributed by atoms with Crippen molar-refractivity contribution in [2.24, 2.45) is 0 Å². The zero-order valence-electron chi connectivity index (χ0n) is 22.8. The Morgan fingerprint density at radius 2 is 1.49 bits per heavy atom. The summed E-state index contributed by atoms with van der Waals surface area (Å²) in [5.74, 6) is -2.12. The molecule has 4 aromatic carbocycles. The van der Waals surface area contributed by atoms with Crippen LogP contribution in [-0.2, 0) is 22.1 Å². The topological polar surface area (TPSA) is 75.6 Å². The molecule has 0 heterocycles. The van der Waals surface area contributed by atoms with Gasteiger partial charge in [-0.2, -0.15) is 13.2 Å². The fraction of sp³-hybridized carbons (Fsp3) is 0.152. The van der Waals surface area contributed by atoms with Gasteiger partial charge in [-0.25, -0.2) is 9.18 Å². The number of nitrogens with one attached hydrogen (secondary N) is 1. The molecule has 222 valence electrons. The van der Waals surface area contributed by atoms with Crippen molar-refractivity contribution in [1.29, 1.82) is 0 Å². The molecule has 0 bridgehead atoms. The molecular weight excluding hydrogens is 586 g/mol. The number of halogens is 5. The van der Waals surface area contributed by atoms with Crippen LogP contribution in [-0.4, -0.2) is 29.6 Å². The number of benzene rings is 4. The van der Waals surface area contributed by atoms with Gasteiger partial charge in [0.25, 0.3) is 5.91 Å². The van der Waals surface area contributed by atoms with Crippen LogP contribution in [0.1, 0.15) is 28.4 Å². The molecule has 43 heavy (non-hydrogen) atoms. The number of hydrogen-bond donors (Lipinski definition) is 2. The lowest BCUT2D eigenvalue weighted by Crippen LogP contribution is -2.35. The number of alkyl halides is 3. The summed E-state index contributed by atoms with van der Waals surface area (Å²) in [5.41, 5.74) is 2.23. The molecule has 0 spiro atoms. The summed E-state index contributed by atoms with van der Waals surface area (Å²) in [5, 5.41) is 13.2. The summed E-state index contributed by atoms with van der Waals surface area (Å²) in [7, 11) is 0. The first kappa shape index (κ1) is 31.3. The Morgan fingerprint density at radius 1 is 0.907 bits per heavy atom. The first-order chi connectivity index (χ1) is 20.4. The predicted octanol–water partition coefficient (Wildman–Crippen LogP) is 8.00. The van der Waals surface area contributed by atoms with E-state index in [4.69, 9.17) is 16.3 Å².